The molecule has 0 aliphatic carbocycles. The van der Waals surface area contributed by atoms with E-state index in [1.54, 1.807) is 48.5 Å². The summed E-state index contributed by atoms with van der Waals surface area (Å²) < 4.78 is 5.07. The van der Waals surface area contributed by atoms with Crippen LogP contribution in [0.2, 0.25) is 0 Å². The maximum Gasteiger partial charge on any atom is 0.339 e. The molecule has 5 nitrogen and oxygen atoms in total. The van der Waals surface area contributed by atoms with Crippen LogP contribution >= 0.6 is 0 Å². The van der Waals surface area contributed by atoms with E-state index in [1.807, 2.05) is 6.92 Å². The summed E-state index contributed by atoms with van der Waals surface area (Å²) in [6.07, 6.45) is 0. The van der Waals surface area contributed by atoms with Crippen molar-refractivity contribution >= 4 is 17.8 Å². The molecule has 0 fully saturated rings. The lowest BCUT2D eigenvalue weighted by Crippen LogP contribution is -2.33. The van der Waals surface area contributed by atoms with E-state index >= 15 is 0 Å². The number of carbonyl (C=O) groups is 3. The summed E-state index contributed by atoms with van der Waals surface area (Å²) in [4.78, 5) is 37.1. The zero-order chi connectivity index (χ0) is 15.7. The molecule has 1 heterocycles. The average Bonchev–Trinajstić information content (AvgIpc) is 2.78. The standard InChI is InChI=1S/C17H13NO4/c1-11-6-8-12(9-7-11)17(21)22-10-18-15(19)13-4-2-3-5-14(13)16(18)20/h2-9H,10H2,1H3. The third kappa shape index (κ3) is 2.37. The minimum atomic E-state index is -0.573. The van der Waals surface area contributed by atoms with Crippen molar-refractivity contribution in [3.8, 4) is 0 Å². The first-order valence-electron chi connectivity index (χ1n) is 6.77. The molecule has 5 heteroatoms. The van der Waals surface area contributed by atoms with Gasteiger partial charge in [0.05, 0.1) is 16.7 Å². The number of rotatable bonds is 3. The smallest absolute Gasteiger partial charge is 0.339 e. The summed E-state index contributed by atoms with van der Waals surface area (Å²) in [7, 11) is 0. The molecule has 2 aromatic rings. The second kappa shape index (κ2) is 5.44. The Balaban J connectivity index is 1.70. The molecular formula is C17H13NO4. The summed E-state index contributed by atoms with van der Waals surface area (Å²) in [5.41, 5.74) is 2.07. The Labute approximate surface area is 127 Å². The van der Waals surface area contributed by atoms with Crippen molar-refractivity contribution in [1.82, 2.24) is 4.90 Å². The quantitative estimate of drug-likeness (QED) is 0.644. The summed E-state index contributed by atoms with van der Waals surface area (Å²) in [6.45, 7) is 1.52. The summed E-state index contributed by atoms with van der Waals surface area (Å²) >= 11 is 0. The molecule has 2 amide bonds. The fourth-order valence-electron chi connectivity index (χ4n) is 2.25. The lowest BCUT2D eigenvalue weighted by atomic mass is 10.1. The second-order valence-electron chi connectivity index (χ2n) is 5.01. The van der Waals surface area contributed by atoms with Gasteiger partial charge in [-0.05, 0) is 31.2 Å². The zero-order valence-electron chi connectivity index (χ0n) is 11.9. The molecule has 3 rings (SSSR count). The number of fused-ring (bicyclic) bond motifs is 1. The first-order chi connectivity index (χ1) is 10.6. The Morgan fingerprint density at radius 2 is 1.50 bits per heavy atom. The number of ether oxygens (including phenoxy) is 1. The molecule has 0 N–H and O–H groups in total. The van der Waals surface area contributed by atoms with Gasteiger partial charge in [-0.25, -0.2) is 9.69 Å². The number of esters is 1. The van der Waals surface area contributed by atoms with Crippen molar-refractivity contribution in [3.63, 3.8) is 0 Å². The minimum Gasteiger partial charge on any atom is -0.440 e. The largest absolute Gasteiger partial charge is 0.440 e. The molecule has 0 saturated heterocycles. The molecule has 0 atom stereocenters. The van der Waals surface area contributed by atoms with Crippen molar-refractivity contribution in [3.05, 3.63) is 70.8 Å². The normalized spacial score (nSPS) is 13.2. The van der Waals surface area contributed by atoms with Gasteiger partial charge >= 0.3 is 5.97 Å². The maximum absolute atomic E-state index is 12.1. The number of nitrogens with zero attached hydrogens (tertiary/aromatic N) is 1. The van der Waals surface area contributed by atoms with Gasteiger partial charge in [-0.15, -0.1) is 0 Å². The van der Waals surface area contributed by atoms with Crippen molar-refractivity contribution in [2.75, 3.05) is 6.73 Å². The number of benzene rings is 2. The van der Waals surface area contributed by atoms with Crippen LogP contribution in [0.5, 0.6) is 0 Å². The summed E-state index contributed by atoms with van der Waals surface area (Å²) in [5.74, 6) is -1.47. The van der Waals surface area contributed by atoms with E-state index in [4.69, 9.17) is 4.74 Å². The van der Waals surface area contributed by atoms with E-state index in [0.717, 1.165) is 10.5 Å². The SMILES string of the molecule is Cc1ccc(C(=O)OCN2C(=O)c3ccccc3C2=O)cc1. The average molecular weight is 295 g/mol. The molecule has 1 aliphatic heterocycles. The van der Waals surface area contributed by atoms with Crippen LogP contribution in [0, 0.1) is 6.92 Å². The molecule has 0 saturated carbocycles. The Kier molecular flexibility index (Phi) is 3.47. The first-order valence-corrected chi connectivity index (χ1v) is 6.77. The van der Waals surface area contributed by atoms with E-state index in [2.05, 4.69) is 0 Å². The molecule has 2 aromatic carbocycles. The van der Waals surface area contributed by atoms with Crippen molar-refractivity contribution in [2.45, 2.75) is 6.92 Å². The van der Waals surface area contributed by atoms with Crippen molar-refractivity contribution in [2.24, 2.45) is 0 Å². The molecule has 110 valence electrons. The fourth-order valence-corrected chi connectivity index (χ4v) is 2.25. The topological polar surface area (TPSA) is 63.7 Å². The van der Waals surface area contributed by atoms with E-state index < -0.39 is 17.8 Å². The lowest BCUT2D eigenvalue weighted by Gasteiger charge is -2.13. The van der Waals surface area contributed by atoms with Crippen LogP contribution in [-0.4, -0.2) is 29.4 Å². The lowest BCUT2D eigenvalue weighted by molar-refractivity contribution is 0.0228. The van der Waals surface area contributed by atoms with E-state index in [0.29, 0.717) is 16.7 Å². The van der Waals surface area contributed by atoms with Crippen LogP contribution in [0.1, 0.15) is 36.6 Å². The van der Waals surface area contributed by atoms with Crippen LogP contribution < -0.4 is 0 Å². The Morgan fingerprint density at radius 1 is 0.955 bits per heavy atom. The van der Waals surface area contributed by atoms with E-state index in [-0.39, 0.29) is 6.73 Å². The molecular weight excluding hydrogens is 282 g/mol. The highest BCUT2D eigenvalue weighted by atomic mass is 16.5. The predicted octanol–water partition coefficient (Wildman–Crippen LogP) is 2.41. The van der Waals surface area contributed by atoms with Crippen LogP contribution in [0.25, 0.3) is 0 Å². The molecule has 0 unspecified atom stereocenters. The van der Waals surface area contributed by atoms with Crippen molar-refractivity contribution in [1.29, 1.82) is 0 Å². The fraction of sp³-hybridized carbons (Fsp3) is 0.118. The van der Waals surface area contributed by atoms with Gasteiger partial charge in [0.1, 0.15) is 0 Å². The number of hydrogen-bond acceptors (Lipinski definition) is 4. The van der Waals surface area contributed by atoms with Crippen LogP contribution in [-0.2, 0) is 4.74 Å². The third-order valence-electron chi connectivity index (χ3n) is 3.49. The van der Waals surface area contributed by atoms with Gasteiger partial charge in [0.15, 0.2) is 6.73 Å². The summed E-state index contributed by atoms with van der Waals surface area (Å²) in [5, 5.41) is 0. The van der Waals surface area contributed by atoms with E-state index in [9.17, 15) is 14.4 Å². The number of hydrogen-bond donors (Lipinski definition) is 0. The van der Waals surface area contributed by atoms with E-state index in [1.165, 1.54) is 0 Å². The summed E-state index contributed by atoms with van der Waals surface area (Å²) in [6, 6.07) is 13.4. The third-order valence-corrected chi connectivity index (χ3v) is 3.49. The molecule has 0 bridgehead atoms. The minimum absolute atomic E-state index is 0.332. The highest BCUT2D eigenvalue weighted by Gasteiger charge is 2.35. The van der Waals surface area contributed by atoms with Crippen molar-refractivity contribution < 1.29 is 19.1 Å². The number of carbonyl (C=O) groups excluding carboxylic acids is 3. The maximum atomic E-state index is 12.1. The number of amides is 2. The molecule has 0 spiro atoms. The predicted molar refractivity (Wildman–Crippen MR) is 78.4 cm³/mol. The molecule has 1 aliphatic rings. The molecule has 22 heavy (non-hydrogen) atoms. The van der Waals surface area contributed by atoms with Gasteiger partial charge in [0.25, 0.3) is 11.8 Å². The van der Waals surface area contributed by atoms with Gasteiger partial charge in [0, 0.05) is 0 Å². The highest BCUT2D eigenvalue weighted by molar-refractivity contribution is 6.21. The van der Waals surface area contributed by atoms with Gasteiger partial charge in [0.2, 0.25) is 0 Å². The Hall–Kier alpha value is -2.95. The molecule has 0 radical (unpaired) electrons. The molecule has 0 aromatic heterocycles. The monoisotopic (exact) mass is 295 g/mol. The number of aryl methyl sites for hydroxylation is 1. The van der Waals surface area contributed by atoms with Gasteiger partial charge in [-0.2, -0.15) is 0 Å². The Morgan fingerprint density at radius 3 is 2.05 bits per heavy atom. The number of imide groups is 1. The highest BCUT2D eigenvalue weighted by Crippen LogP contribution is 2.22. The second-order valence-corrected chi connectivity index (χ2v) is 5.01. The van der Waals surface area contributed by atoms with Gasteiger partial charge < -0.3 is 4.74 Å². The zero-order valence-corrected chi connectivity index (χ0v) is 11.9. The van der Waals surface area contributed by atoms with Crippen LogP contribution in [0.15, 0.2) is 48.5 Å². The van der Waals surface area contributed by atoms with Gasteiger partial charge in [-0.1, -0.05) is 29.8 Å². The van der Waals surface area contributed by atoms with Crippen LogP contribution in [0.4, 0.5) is 0 Å². The van der Waals surface area contributed by atoms with Crippen LogP contribution in [0.3, 0.4) is 0 Å². The Bertz CT molecular complexity index is 729. The first kappa shape index (κ1) is 14.0. The van der Waals surface area contributed by atoms with Gasteiger partial charge in [-0.3, -0.25) is 9.59 Å².